The zero-order valence-electron chi connectivity index (χ0n) is 7.60. The van der Waals surface area contributed by atoms with E-state index in [4.69, 9.17) is 6.42 Å². The summed E-state index contributed by atoms with van der Waals surface area (Å²) in [6.07, 6.45) is 7.52. The first-order valence-corrected chi connectivity index (χ1v) is 4.42. The fourth-order valence-corrected chi connectivity index (χ4v) is 1.58. The van der Waals surface area contributed by atoms with Gasteiger partial charge in [0.05, 0.1) is 5.41 Å². The van der Waals surface area contributed by atoms with Gasteiger partial charge in [0, 0.05) is 0 Å². The van der Waals surface area contributed by atoms with Gasteiger partial charge >= 0.3 is 0 Å². The number of rotatable bonds is 1. The minimum atomic E-state index is -0.156. The molecule has 0 amide bonds. The Hall–Kier alpha value is -1.29. The van der Waals surface area contributed by atoms with Crippen molar-refractivity contribution in [2.24, 2.45) is 0 Å². The van der Waals surface area contributed by atoms with Gasteiger partial charge in [0.1, 0.15) is 5.82 Å². The number of benzene rings is 1. The van der Waals surface area contributed by atoms with Gasteiger partial charge in [-0.2, -0.15) is 0 Å². The average molecular weight is 174 g/mol. The Bertz CT molecular complexity index is 381. The SMILES string of the molecule is C#CC1(c2ccc(F)c(C)c2)CC1. The summed E-state index contributed by atoms with van der Waals surface area (Å²) < 4.78 is 13.0. The highest BCUT2D eigenvalue weighted by Gasteiger charge is 2.42. The predicted molar refractivity (Wildman–Crippen MR) is 50.9 cm³/mol. The Morgan fingerprint density at radius 2 is 2.15 bits per heavy atom. The van der Waals surface area contributed by atoms with Crippen LogP contribution in [0.15, 0.2) is 18.2 Å². The molecule has 1 aliphatic carbocycles. The number of halogens is 1. The van der Waals surface area contributed by atoms with E-state index < -0.39 is 0 Å². The van der Waals surface area contributed by atoms with Crippen LogP contribution < -0.4 is 0 Å². The van der Waals surface area contributed by atoms with Crippen LogP contribution in [-0.2, 0) is 5.41 Å². The van der Waals surface area contributed by atoms with Gasteiger partial charge in [-0.25, -0.2) is 4.39 Å². The van der Waals surface area contributed by atoms with Gasteiger partial charge in [-0.3, -0.25) is 0 Å². The Labute approximate surface area is 77.8 Å². The molecule has 0 spiro atoms. The Kier molecular flexibility index (Phi) is 1.66. The molecule has 0 aliphatic heterocycles. The summed E-state index contributed by atoms with van der Waals surface area (Å²) in [4.78, 5) is 0. The zero-order chi connectivity index (χ0) is 9.47. The second-order valence-corrected chi connectivity index (χ2v) is 3.69. The van der Waals surface area contributed by atoms with Crippen molar-refractivity contribution in [3.63, 3.8) is 0 Å². The summed E-state index contributed by atoms with van der Waals surface area (Å²) in [6, 6.07) is 5.17. The number of hydrogen-bond donors (Lipinski definition) is 0. The molecular weight excluding hydrogens is 163 g/mol. The minimum absolute atomic E-state index is 0.0710. The van der Waals surface area contributed by atoms with Crippen LogP contribution in [0.1, 0.15) is 24.0 Å². The molecule has 1 aliphatic rings. The molecule has 0 aromatic heterocycles. The molecule has 0 N–H and O–H groups in total. The van der Waals surface area contributed by atoms with Crippen LogP contribution in [0.25, 0.3) is 0 Å². The van der Waals surface area contributed by atoms with Crippen LogP contribution in [0.5, 0.6) is 0 Å². The van der Waals surface area contributed by atoms with E-state index >= 15 is 0 Å². The Balaban J connectivity index is 2.44. The van der Waals surface area contributed by atoms with E-state index in [0.717, 1.165) is 18.4 Å². The number of hydrogen-bond acceptors (Lipinski definition) is 0. The highest BCUT2D eigenvalue weighted by molar-refractivity contribution is 5.42. The van der Waals surface area contributed by atoms with E-state index in [1.54, 1.807) is 13.0 Å². The van der Waals surface area contributed by atoms with E-state index in [1.165, 1.54) is 6.07 Å². The zero-order valence-corrected chi connectivity index (χ0v) is 7.60. The van der Waals surface area contributed by atoms with Gasteiger partial charge in [-0.05, 0) is 37.0 Å². The maximum absolute atomic E-state index is 13.0. The largest absolute Gasteiger partial charge is 0.207 e. The Morgan fingerprint density at radius 1 is 1.46 bits per heavy atom. The summed E-state index contributed by atoms with van der Waals surface area (Å²) in [6.45, 7) is 1.77. The molecule has 0 saturated heterocycles. The van der Waals surface area contributed by atoms with Crippen molar-refractivity contribution in [2.75, 3.05) is 0 Å². The maximum atomic E-state index is 13.0. The standard InChI is InChI=1S/C12H11F/c1-3-12(6-7-12)10-4-5-11(13)9(2)8-10/h1,4-5,8H,6-7H2,2H3. The molecule has 1 aromatic carbocycles. The fraction of sp³-hybridized carbons (Fsp3) is 0.333. The monoisotopic (exact) mass is 174 g/mol. The van der Waals surface area contributed by atoms with Gasteiger partial charge in [0.15, 0.2) is 0 Å². The third kappa shape index (κ3) is 1.23. The molecule has 1 heteroatoms. The average Bonchev–Trinajstić information content (AvgIpc) is 2.90. The molecule has 1 saturated carbocycles. The molecule has 13 heavy (non-hydrogen) atoms. The molecule has 0 unspecified atom stereocenters. The first kappa shape index (κ1) is 8.31. The first-order chi connectivity index (χ1) is 6.18. The van der Waals surface area contributed by atoms with Crippen molar-refractivity contribution >= 4 is 0 Å². The maximum Gasteiger partial charge on any atom is 0.126 e. The van der Waals surface area contributed by atoms with Gasteiger partial charge in [0.25, 0.3) is 0 Å². The van der Waals surface area contributed by atoms with Gasteiger partial charge < -0.3 is 0 Å². The molecule has 1 fully saturated rings. The lowest BCUT2D eigenvalue weighted by atomic mass is 9.95. The van der Waals surface area contributed by atoms with Crippen molar-refractivity contribution in [2.45, 2.75) is 25.2 Å². The quantitative estimate of drug-likeness (QED) is 0.574. The minimum Gasteiger partial charge on any atom is -0.207 e. The summed E-state index contributed by atoms with van der Waals surface area (Å²) in [5.41, 5.74) is 1.70. The molecule has 1 aromatic rings. The molecule has 0 radical (unpaired) electrons. The van der Waals surface area contributed by atoms with Crippen molar-refractivity contribution in [3.05, 3.63) is 35.1 Å². The molecule has 0 atom stereocenters. The van der Waals surface area contributed by atoms with Gasteiger partial charge in [0.2, 0.25) is 0 Å². The van der Waals surface area contributed by atoms with Crippen molar-refractivity contribution in [1.82, 2.24) is 0 Å². The third-order valence-electron chi connectivity index (χ3n) is 2.74. The molecule has 0 nitrogen and oxygen atoms in total. The fourth-order valence-electron chi connectivity index (χ4n) is 1.58. The smallest absolute Gasteiger partial charge is 0.126 e. The lowest BCUT2D eigenvalue weighted by Crippen LogP contribution is -2.03. The molecule has 2 rings (SSSR count). The van der Waals surface area contributed by atoms with E-state index in [0.29, 0.717) is 5.56 Å². The highest BCUT2D eigenvalue weighted by Crippen LogP contribution is 2.47. The normalized spacial score (nSPS) is 17.9. The first-order valence-electron chi connectivity index (χ1n) is 4.42. The van der Waals surface area contributed by atoms with Gasteiger partial charge in [-0.15, -0.1) is 6.42 Å². The lowest BCUT2D eigenvalue weighted by molar-refractivity contribution is 0.617. The molecule has 0 heterocycles. The van der Waals surface area contributed by atoms with Crippen molar-refractivity contribution in [1.29, 1.82) is 0 Å². The number of terminal acetylenes is 1. The van der Waals surface area contributed by atoms with E-state index in [2.05, 4.69) is 5.92 Å². The Morgan fingerprint density at radius 3 is 2.62 bits per heavy atom. The van der Waals surface area contributed by atoms with Crippen LogP contribution in [0.3, 0.4) is 0 Å². The number of aryl methyl sites for hydroxylation is 1. The summed E-state index contributed by atoms with van der Waals surface area (Å²) in [5.74, 6) is 2.64. The lowest BCUT2D eigenvalue weighted by Gasteiger charge is -2.08. The van der Waals surface area contributed by atoms with Crippen LogP contribution in [0, 0.1) is 25.1 Å². The van der Waals surface area contributed by atoms with Crippen LogP contribution in [0.2, 0.25) is 0 Å². The molecular formula is C12H11F. The van der Waals surface area contributed by atoms with Gasteiger partial charge in [-0.1, -0.05) is 18.1 Å². The van der Waals surface area contributed by atoms with E-state index in [9.17, 15) is 4.39 Å². The summed E-state index contributed by atoms with van der Waals surface area (Å²) >= 11 is 0. The van der Waals surface area contributed by atoms with Crippen LogP contribution in [0.4, 0.5) is 4.39 Å². The van der Waals surface area contributed by atoms with Crippen molar-refractivity contribution in [3.8, 4) is 12.3 Å². The highest BCUT2D eigenvalue weighted by atomic mass is 19.1. The predicted octanol–water partition coefficient (Wildman–Crippen LogP) is 2.80. The summed E-state index contributed by atoms with van der Waals surface area (Å²) in [7, 11) is 0. The summed E-state index contributed by atoms with van der Waals surface area (Å²) in [5, 5.41) is 0. The van der Waals surface area contributed by atoms with Crippen molar-refractivity contribution < 1.29 is 4.39 Å². The van der Waals surface area contributed by atoms with E-state index in [-0.39, 0.29) is 11.2 Å². The van der Waals surface area contributed by atoms with E-state index in [1.807, 2.05) is 6.07 Å². The molecule has 66 valence electrons. The topological polar surface area (TPSA) is 0 Å². The van der Waals surface area contributed by atoms with Crippen LogP contribution >= 0.6 is 0 Å². The third-order valence-corrected chi connectivity index (χ3v) is 2.74. The second-order valence-electron chi connectivity index (χ2n) is 3.69. The molecule has 0 bridgehead atoms. The van der Waals surface area contributed by atoms with Crippen LogP contribution in [-0.4, -0.2) is 0 Å². The second kappa shape index (κ2) is 2.60.